The molecule has 2 aliphatic rings. The molecule has 1 aliphatic carbocycles. The van der Waals surface area contributed by atoms with Gasteiger partial charge in [-0.15, -0.1) is 0 Å². The molecule has 18 heavy (non-hydrogen) atoms. The van der Waals surface area contributed by atoms with Crippen LogP contribution in [-0.2, 0) is 19.0 Å². The van der Waals surface area contributed by atoms with Crippen LogP contribution >= 0.6 is 0 Å². The molecule has 1 aliphatic heterocycles. The van der Waals surface area contributed by atoms with E-state index in [2.05, 4.69) is 6.58 Å². The molecule has 2 fully saturated rings. The van der Waals surface area contributed by atoms with Crippen molar-refractivity contribution in [1.29, 1.82) is 0 Å². The van der Waals surface area contributed by atoms with Crippen molar-refractivity contribution >= 4 is 5.97 Å². The van der Waals surface area contributed by atoms with Crippen LogP contribution in [0.25, 0.3) is 0 Å². The third-order valence-corrected chi connectivity index (χ3v) is 3.62. The Morgan fingerprint density at radius 1 is 1.33 bits per heavy atom. The fraction of sp³-hybridized carbons (Fsp3) is 0.786. The van der Waals surface area contributed by atoms with Crippen LogP contribution in [0.3, 0.4) is 0 Å². The SMILES string of the molecule is C=CC(=O)OC1(OCC2CCCO2)CCCCC1. The summed E-state index contributed by atoms with van der Waals surface area (Å²) in [4.78, 5) is 11.4. The summed E-state index contributed by atoms with van der Waals surface area (Å²) < 4.78 is 16.9. The predicted molar refractivity (Wildman–Crippen MR) is 67.0 cm³/mol. The lowest BCUT2D eigenvalue weighted by molar-refractivity contribution is -0.248. The Kier molecular flexibility index (Phi) is 4.78. The first kappa shape index (κ1) is 13.6. The Morgan fingerprint density at radius 2 is 2.11 bits per heavy atom. The summed E-state index contributed by atoms with van der Waals surface area (Å²) in [6.07, 6.45) is 8.29. The average Bonchev–Trinajstić information content (AvgIpc) is 2.91. The molecule has 4 heteroatoms. The zero-order chi connectivity index (χ0) is 12.8. The minimum atomic E-state index is -0.741. The lowest BCUT2D eigenvalue weighted by atomic mass is 9.94. The molecule has 1 saturated carbocycles. The quantitative estimate of drug-likeness (QED) is 0.430. The van der Waals surface area contributed by atoms with Crippen molar-refractivity contribution in [2.24, 2.45) is 0 Å². The highest BCUT2D eigenvalue weighted by molar-refractivity contribution is 5.81. The van der Waals surface area contributed by atoms with E-state index in [9.17, 15) is 4.79 Å². The Morgan fingerprint density at radius 3 is 2.72 bits per heavy atom. The molecule has 0 aromatic rings. The first-order valence-electron chi connectivity index (χ1n) is 6.85. The van der Waals surface area contributed by atoms with E-state index < -0.39 is 11.8 Å². The van der Waals surface area contributed by atoms with Crippen LogP contribution in [0.15, 0.2) is 12.7 Å². The first-order chi connectivity index (χ1) is 8.74. The van der Waals surface area contributed by atoms with Gasteiger partial charge in [0.25, 0.3) is 0 Å². The minimum Gasteiger partial charge on any atom is -0.430 e. The summed E-state index contributed by atoms with van der Waals surface area (Å²) in [6.45, 7) is 4.77. The third-order valence-electron chi connectivity index (χ3n) is 3.62. The Hall–Kier alpha value is -0.870. The van der Waals surface area contributed by atoms with Crippen LogP contribution in [0.1, 0.15) is 44.9 Å². The maximum atomic E-state index is 11.4. The number of rotatable bonds is 5. The monoisotopic (exact) mass is 254 g/mol. The number of carbonyl (C=O) groups excluding carboxylic acids is 1. The topological polar surface area (TPSA) is 44.8 Å². The van der Waals surface area contributed by atoms with Gasteiger partial charge in [-0.3, -0.25) is 0 Å². The lowest BCUT2D eigenvalue weighted by Gasteiger charge is -2.36. The molecule has 0 aromatic heterocycles. The molecule has 1 atom stereocenters. The smallest absolute Gasteiger partial charge is 0.332 e. The molecule has 1 heterocycles. The van der Waals surface area contributed by atoms with Crippen molar-refractivity contribution in [3.05, 3.63) is 12.7 Å². The molecule has 1 unspecified atom stereocenters. The van der Waals surface area contributed by atoms with Crippen LogP contribution < -0.4 is 0 Å². The fourth-order valence-corrected chi connectivity index (χ4v) is 2.61. The van der Waals surface area contributed by atoms with Gasteiger partial charge in [-0.1, -0.05) is 13.0 Å². The number of ether oxygens (including phenoxy) is 3. The zero-order valence-electron chi connectivity index (χ0n) is 10.9. The molecule has 0 amide bonds. The number of hydrogen-bond acceptors (Lipinski definition) is 4. The van der Waals surface area contributed by atoms with Crippen LogP contribution in [-0.4, -0.2) is 31.1 Å². The molecule has 1 saturated heterocycles. The van der Waals surface area contributed by atoms with Crippen molar-refractivity contribution in [3.8, 4) is 0 Å². The number of hydrogen-bond donors (Lipinski definition) is 0. The van der Waals surface area contributed by atoms with Crippen LogP contribution in [0.4, 0.5) is 0 Å². The highest BCUT2D eigenvalue weighted by atomic mass is 16.7. The van der Waals surface area contributed by atoms with Gasteiger partial charge in [0.1, 0.15) is 0 Å². The van der Waals surface area contributed by atoms with E-state index in [4.69, 9.17) is 14.2 Å². The summed E-state index contributed by atoms with van der Waals surface area (Å²) in [5.74, 6) is -1.14. The van der Waals surface area contributed by atoms with Crippen LogP contribution in [0.2, 0.25) is 0 Å². The summed E-state index contributed by atoms with van der Waals surface area (Å²) in [7, 11) is 0. The van der Waals surface area contributed by atoms with Gasteiger partial charge in [-0.25, -0.2) is 4.79 Å². The molecule has 0 bridgehead atoms. The Bertz CT molecular complexity index is 288. The van der Waals surface area contributed by atoms with E-state index in [1.54, 1.807) is 0 Å². The van der Waals surface area contributed by atoms with E-state index in [-0.39, 0.29) is 6.10 Å². The summed E-state index contributed by atoms with van der Waals surface area (Å²) in [5, 5.41) is 0. The normalized spacial score (nSPS) is 26.8. The molecular formula is C14H22O4. The lowest BCUT2D eigenvalue weighted by Crippen LogP contribution is -2.41. The second-order valence-corrected chi connectivity index (χ2v) is 5.04. The molecule has 0 radical (unpaired) electrons. The van der Waals surface area contributed by atoms with Gasteiger partial charge >= 0.3 is 5.97 Å². The van der Waals surface area contributed by atoms with Gasteiger partial charge in [0.15, 0.2) is 0 Å². The van der Waals surface area contributed by atoms with E-state index in [0.717, 1.165) is 45.1 Å². The van der Waals surface area contributed by atoms with E-state index >= 15 is 0 Å². The first-order valence-corrected chi connectivity index (χ1v) is 6.85. The average molecular weight is 254 g/mol. The molecular weight excluding hydrogens is 232 g/mol. The van der Waals surface area contributed by atoms with E-state index in [1.165, 1.54) is 12.5 Å². The molecule has 4 nitrogen and oxygen atoms in total. The van der Waals surface area contributed by atoms with Gasteiger partial charge in [-0.05, 0) is 25.7 Å². The van der Waals surface area contributed by atoms with Gasteiger partial charge in [0.2, 0.25) is 5.79 Å². The van der Waals surface area contributed by atoms with Crippen molar-refractivity contribution < 1.29 is 19.0 Å². The van der Waals surface area contributed by atoms with Gasteiger partial charge < -0.3 is 14.2 Å². The standard InChI is InChI=1S/C14H22O4/c1-2-13(15)18-14(8-4-3-5-9-14)17-11-12-7-6-10-16-12/h2,12H,1,3-11H2. The van der Waals surface area contributed by atoms with Gasteiger partial charge in [0.05, 0.1) is 12.7 Å². The van der Waals surface area contributed by atoms with Crippen molar-refractivity contribution in [2.45, 2.75) is 56.8 Å². The summed E-state index contributed by atoms with van der Waals surface area (Å²) in [6, 6.07) is 0. The van der Waals surface area contributed by atoms with Crippen molar-refractivity contribution in [2.75, 3.05) is 13.2 Å². The Balaban J connectivity index is 1.90. The highest BCUT2D eigenvalue weighted by Crippen LogP contribution is 2.33. The number of carbonyl (C=O) groups is 1. The Labute approximate surface area is 108 Å². The minimum absolute atomic E-state index is 0.159. The third kappa shape index (κ3) is 3.56. The van der Waals surface area contributed by atoms with Crippen molar-refractivity contribution in [3.63, 3.8) is 0 Å². The maximum absolute atomic E-state index is 11.4. The van der Waals surface area contributed by atoms with Crippen LogP contribution in [0.5, 0.6) is 0 Å². The summed E-state index contributed by atoms with van der Waals surface area (Å²) >= 11 is 0. The largest absolute Gasteiger partial charge is 0.430 e. The molecule has 0 aromatic carbocycles. The van der Waals surface area contributed by atoms with E-state index in [1.807, 2.05) is 0 Å². The molecule has 0 spiro atoms. The number of esters is 1. The molecule has 0 N–H and O–H groups in total. The second kappa shape index (κ2) is 6.34. The highest BCUT2D eigenvalue weighted by Gasteiger charge is 2.37. The zero-order valence-corrected chi connectivity index (χ0v) is 10.9. The predicted octanol–water partition coefficient (Wildman–Crippen LogP) is 2.57. The summed E-state index contributed by atoms with van der Waals surface area (Å²) in [5.41, 5.74) is 0. The second-order valence-electron chi connectivity index (χ2n) is 5.04. The fourth-order valence-electron chi connectivity index (χ4n) is 2.61. The maximum Gasteiger partial charge on any atom is 0.332 e. The molecule has 102 valence electrons. The van der Waals surface area contributed by atoms with Gasteiger partial charge in [0, 0.05) is 25.5 Å². The van der Waals surface area contributed by atoms with Crippen LogP contribution in [0, 0.1) is 0 Å². The van der Waals surface area contributed by atoms with E-state index in [0.29, 0.717) is 6.61 Å². The molecule has 2 rings (SSSR count). The van der Waals surface area contributed by atoms with Gasteiger partial charge in [-0.2, -0.15) is 0 Å². The van der Waals surface area contributed by atoms with Crippen molar-refractivity contribution in [1.82, 2.24) is 0 Å².